The molecule has 5 heteroatoms. The third-order valence-electron chi connectivity index (χ3n) is 9.08. The number of fused-ring (bicyclic) bond motifs is 3. The van der Waals surface area contributed by atoms with E-state index in [0.29, 0.717) is 5.92 Å². The molecule has 4 aliphatic heterocycles. The molecular formula is C30H41N2O3+. The van der Waals surface area contributed by atoms with Crippen LogP contribution in [0.2, 0.25) is 0 Å². The first-order chi connectivity index (χ1) is 17.0. The lowest BCUT2D eigenvalue weighted by molar-refractivity contribution is -0.946. The van der Waals surface area contributed by atoms with Crippen molar-refractivity contribution in [3.63, 3.8) is 0 Å². The molecule has 188 valence electrons. The highest BCUT2D eigenvalue weighted by molar-refractivity contribution is 5.82. The number of likely N-dealkylation sites (tertiary alicyclic amines) is 1. The van der Waals surface area contributed by atoms with Crippen molar-refractivity contribution in [1.29, 1.82) is 0 Å². The van der Waals surface area contributed by atoms with E-state index in [1.54, 1.807) is 0 Å². The van der Waals surface area contributed by atoms with Crippen LogP contribution in [-0.4, -0.2) is 65.8 Å². The minimum atomic E-state index is -0.748. The van der Waals surface area contributed by atoms with Gasteiger partial charge in [0.1, 0.15) is 12.1 Å². The molecule has 2 aromatic carbocycles. The number of rotatable bonds is 8. The van der Waals surface area contributed by atoms with Gasteiger partial charge < -0.3 is 14.3 Å². The number of nitrogens with zero attached hydrogens (tertiary/aromatic N) is 2. The predicted molar refractivity (Wildman–Crippen MR) is 138 cm³/mol. The number of benzene rings is 2. The van der Waals surface area contributed by atoms with E-state index in [2.05, 4.69) is 24.0 Å². The minimum Gasteiger partial charge on any atom is -0.454 e. The fraction of sp³-hybridized carbons (Fsp3) is 0.567. The number of aliphatic hydroxyl groups is 1. The van der Waals surface area contributed by atoms with E-state index >= 15 is 0 Å². The molecule has 2 aromatic rings. The molecule has 1 N–H and O–H groups in total. The summed E-state index contributed by atoms with van der Waals surface area (Å²) in [5.41, 5.74) is 1.27. The first-order valence-electron chi connectivity index (χ1n) is 13.6. The van der Waals surface area contributed by atoms with Crippen LogP contribution in [0.5, 0.6) is 0 Å². The molecule has 4 saturated heterocycles. The van der Waals surface area contributed by atoms with Gasteiger partial charge in [-0.1, -0.05) is 67.1 Å². The number of hydrogen-bond donors (Lipinski definition) is 1. The van der Waals surface area contributed by atoms with Crippen LogP contribution in [0.1, 0.15) is 62.7 Å². The van der Waals surface area contributed by atoms with Gasteiger partial charge in [0.2, 0.25) is 0 Å². The summed E-state index contributed by atoms with van der Waals surface area (Å²) < 4.78 is 7.42. The highest BCUT2D eigenvalue weighted by Gasteiger charge is 2.50. The fourth-order valence-electron chi connectivity index (χ4n) is 6.69. The number of quaternary nitrogens is 1. The van der Waals surface area contributed by atoms with E-state index in [-0.39, 0.29) is 12.1 Å². The van der Waals surface area contributed by atoms with E-state index < -0.39 is 11.6 Å². The van der Waals surface area contributed by atoms with Crippen LogP contribution in [0.4, 0.5) is 0 Å². The van der Waals surface area contributed by atoms with Gasteiger partial charge in [-0.2, -0.15) is 0 Å². The van der Waals surface area contributed by atoms with Crippen LogP contribution >= 0.6 is 0 Å². The van der Waals surface area contributed by atoms with E-state index in [0.717, 1.165) is 87.0 Å². The van der Waals surface area contributed by atoms with Crippen molar-refractivity contribution in [2.24, 2.45) is 5.92 Å². The molecule has 2 bridgehead atoms. The Morgan fingerprint density at radius 3 is 2.31 bits per heavy atom. The lowest BCUT2D eigenvalue weighted by Crippen LogP contribution is -2.65. The van der Waals surface area contributed by atoms with Gasteiger partial charge in [-0.05, 0) is 44.0 Å². The lowest BCUT2D eigenvalue weighted by Gasteiger charge is -2.53. The van der Waals surface area contributed by atoms with Crippen molar-refractivity contribution >= 4 is 5.97 Å². The zero-order valence-corrected chi connectivity index (χ0v) is 21.1. The summed E-state index contributed by atoms with van der Waals surface area (Å²) in [5.74, 6) is 0.367. The Hall–Kier alpha value is -2.21. The number of carbonyl (C=O) groups is 1. The van der Waals surface area contributed by atoms with Gasteiger partial charge in [0.05, 0.1) is 25.7 Å². The molecule has 3 atom stereocenters. The average Bonchev–Trinajstić information content (AvgIpc) is 2.93. The lowest BCUT2D eigenvalue weighted by atomic mass is 9.82. The molecule has 4 aliphatic rings. The number of ether oxygens (including phenoxy) is 1. The molecule has 0 spiro atoms. The monoisotopic (exact) mass is 477 g/mol. The smallest absolute Gasteiger partial charge is 0.331 e. The molecule has 5 nitrogen and oxygen atoms in total. The molecule has 0 saturated carbocycles. The molecule has 0 unspecified atom stereocenters. The number of hydrogen-bond acceptors (Lipinski definition) is 4. The van der Waals surface area contributed by atoms with Gasteiger partial charge in [0.15, 0.2) is 6.10 Å². The zero-order valence-electron chi connectivity index (χ0n) is 21.1. The molecule has 6 rings (SSSR count). The van der Waals surface area contributed by atoms with Crippen LogP contribution in [-0.2, 0) is 15.1 Å². The molecule has 0 radical (unpaired) electrons. The van der Waals surface area contributed by atoms with Crippen molar-refractivity contribution in [1.82, 2.24) is 4.90 Å². The minimum absolute atomic E-state index is 0.0355. The van der Waals surface area contributed by atoms with Gasteiger partial charge >= 0.3 is 5.97 Å². The second-order valence-electron chi connectivity index (χ2n) is 11.2. The summed E-state index contributed by atoms with van der Waals surface area (Å²) in [6, 6.07) is 20.2. The molecular weight excluding hydrogens is 436 g/mol. The third kappa shape index (κ3) is 5.04. The summed E-state index contributed by atoms with van der Waals surface area (Å²) >= 11 is 0. The maximum absolute atomic E-state index is 14.0. The Morgan fingerprint density at radius 2 is 1.66 bits per heavy atom. The summed E-state index contributed by atoms with van der Waals surface area (Å²) in [7, 11) is 0. The Morgan fingerprint density at radius 1 is 1.03 bits per heavy atom. The standard InChI is InChI=1S/C30H41N2O3/c1-30(26-13-7-3-8-14-26,31-18-9-4-10-19-31)29(34)35-28-23-32(20-15-25(28)16-21-32)22-17-27(33)24-11-5-2-6-12-24/h2-3,5-8,11-14,25,27-28,33H,4,9-10,15-23H2,1H3/q+1/t25?,27-,28+,30+,32?/m1/s1. The largest absolute Gasteiger partial charge is 0.454 e. The third-order valence-corrected chi connectivity index (χ3v) is 9.08. The number of aliphatic hydroxyl groups excluding tert-OH is 1. The van der Waals surface area contributed by atoms with Gasteiger partial charge in [-0.25, -0.2) is 4.79 Å². The first kappa shape index (κ1) is 24.5. The Balaban J connectivity index is 1.29. The van der Waals surface area contributed by atoms with E-state index in [4.69, 9.17) is 4.74 Å². The van der Waals surface area contributed by atoms with Crippen molar-refractivity contribution < 1.29 is 19.1 Å². The molecule has 4 fully saturated rings. The Kier molecular flexibility index (Phi) is 7.29. The van der Waals surface area contributed by atoms with E-state index in [1.807, 2.05) is 48.5 Å². The van der Waals surface area contributed by atoms with E-state index in [9.17, 15) is 9.90 Å². The quantitative estimate of drug-likeness (QED) is 0.444. The second-order valence-corrected chi connectivity index (χ2v) is 11.2. The van der Waals surface area contributed by atoms with E-state index in [1.165, 1.54) is 6.42 Å². The predicted octanol–water partition coefficient (Wildman–Crippen LogP) is 4.66. The van der Waals surface area contributed by atoms with Crippen LogP contribution < -0.4 is 0 Å². The second kappa shape index (κ2) is 10.4. The van der Waals surface area contributed by atoms with Crippen LogP contribution in [0.15, 0.2) is 60.7 Å². The topological polar surface area (TPSA) is 49.8 Å². The number of esters is 1. The highest BCUT2D eigenvalue weighted by atomic mass is 16.5. The Labute approximate surface area is 210 Å². The summed E-state index contributed by atoms with van der Waals surface area (Å²) in [5, 5.41) is 10.8. The van der Waals surface area contributed by atoms with Crippen LogP contribution in [0, 0.1) is 5.92 Å². The molecule has 4 heterocycles. The molecule has 0 aliphatic carbocycles. The Bertz CT molecular complexity index is 968. The number of carbonyl (C=O) groups excluding carboxylic acids is 1. The average molecular weight is 478 g/mol. The summed E-state index contributed by atoms with van der Waals surface area (Å²) in [4.78, 5) is 16.3. The molecule has 35 heavy (non-hydrogen) atoms. The van der Waals surface area contributed by atoms with Gasteiger partial charge in [-0.15, -0.1) is 0 Å². The highest BCUT2D eigenvalue weighted by Crippen LogP contribution is 2.39. The van der Waals surface area contributed by atoms with Crippen LogP contribution in [0.25, 0.3) is 0 Å². The zero-order chi connectivity index (χ0) is 24.3. The molecule has 0 aromatic heterocycles. The SMILES string of the molecule is C[C@@](C(=O)O[C@H]1C[N+]2(CC[C@@H](O)c3ccccc3)CCC1CC2)(c1ccccc1)N1CCCCC1. The van der Waals surface area contributed by atoms with Crippen molar-refractivity contribution in [2.45, 2.75) is 63.2 Å². The maximum atomic E-state index is 14.0. The van der Waals surface area contributed by atoms with Crippen molar-refractivity contribution in [2.75, 3.05) is 39.3 Å². The van der Waals surface area contributed by atoms with Gasteiger partial charge in [0.25, 0.3) is 0 Å². The fourth-order valence-corrected chi connectivity index (χ4v) is 6.69. The summed E-state index contributed by atoms with van der Waals surface area (Å²) in [6.07, 6.45) is 5.96. The maximum Gasteiger partial charge on any atom is 0.331 e. The van der Waals surface area contributed by atoms with Crippen molar-refractivity contribution in [3.8, 4) is 0 Å². The van der Waals surface area contributed by atoms with Crippen molar-refractivity contribution in [3.05, 3.63) is 71.8 Å². The van der Waals surface area contributed by atoms with Gasteiger partial charge in [-0.3, -0.25) is 4.90 Å². The molecule has 0 amide bonds. The number of piperidine rings is 4. The van der Waals surface area contributed by atoms with Crippen LogP contribution in [0.3, 0.4) is 0 Å². The summed E-state index contributed by atoms with van der Waals surface area (Å²) in [6.45, 7) is 8.00. The first-order valence-corrected chi connectivity index (χ1v) is 13.6. The van der Waals surface area contributed by atoms with Gasteiger partial charge in [0, 0.05) is 25.2 Å². The normalized spacial score (nSPS) is 29.3.